The lowest BCUT2D eigenvalue weighted by Gasteiger charge is -2.35. The Bertz CT molecular complexity index is 841. The normalized spacial score (nSPS) is 20.9. The molecular weight excluding hydrogens is 372 g/mol. The monoisotopic (exact) mass is 398 g/mol. The van der Waals surface area contributed by atoms with E-state index in [4.69, 9.17) is 0 Å². The van der Waals surface area contributed by atoms with Gasteiger partial charge in [-0.15, -0.1) is 0 Å². The number of amides is 5. The van der Waals surface area contributed by atoms with Crippen molar-refractivity contribution in [3.63, 3.8) is 0 Å². The fourth-order valence-electron chi connectivity index (χ4n) is 4.24. The molecule has 1 spiro atoms. The number of anilines is 2. The van der Waals surface area contributed by atoms with Crippen molar-refractivity contribution in [1.29, 1.82) is 0 Å². The summed E-state index contributed by atoms with van der Waals surface area (Å²) in [7, 11) is 1.65. The van der Waals surface area contributed by atoms with Crippen LogP contribution in [0.3, 0.4) is 0 Å². The zero-order valence-corrected chi connectivity index (χ0v) is 16.6. The van der Waals surface area contributed by atoms with Crippen molar-refractivity contribution in [3.05, 3.63) is 24.3 Å². The van der Waals surface area contributed by atoms with Gasteiger partial charge in [0, 0.05) is 24.3 Å². The summed E-state index contributed by atoms with van der Waals surface area (Å²) in [6.07, 6.45) is 6.06. The first-order valence-electron chi connectivity index (χ1n) is 10.2. The van der Waals surface area contributed by atoms with E-state index >= 15 is 0 Å². The van der Waals surface area contributed by atoms with Gasteiger partial charge in [-0.2, -0.15) is 0 Å². The van der Waals surface area contributed by atoms with Crippen molar-refractivity contribution in [2.45, 2.75) is 50.5 Å². The van der Waals surface area contributed by atoms with Crippen LogP contribution in [0.5, 0.6) is 0 Å². The van der Waals surface area contributed by atoms with E-state index in [9.17, 15) is 19.2 Å². The number of nitrogens with one attached hydrogen (secondary N) is 2. The second-order valence-corrected chi connectivity index (χ2v) is 8.21. The van der Waals surface area contributed by atoms with Crippen LogP contribution in [0.4, 0.5) is 16.2 Å². The average Bonchev–Trinajstić information content (AvgIpc) is 3.55. The molecule has 0 bridgehead atoms. The zero-order valence-electron chi connectivity index (χ0n) is 16.6. The highest BCUT2D eigenvalue weighted by Gasteiger charge is 2.55. The fourth-order valence-corrected chi connectivity index (χ4v) is 4.24. The Morgan fingerprint density at radius 2 is 1.59 bits per heavy atom. The predicted molar refractivity (Wildman–Crippen MR) is 107 cm³/mol. The molecule has 0 atom stereocenters. The molecule has 154 valence electrons. The summed E-state index contributed by atoms with van der Waals surface area (Å²) in [5.74, 6) is -0.551. The van der Waals surface area contributed by atoms with Gasteiger partial charge in [-0.1, -0.05) is 19.3 Å². The van der Waals surface area contributed by atoms with Gasteiger partial charge in [0.1, 0.15) is 12.1 Å². The Balaban J connectivity index is 1.36. The second kappa shape index (κ2) is 7.50. The minimum Gasteiger partial charge on any atom is -0.326 e. The molecule has 4 rings (SSSR count). The molecule has 1 aromatic rings. The lowest BCUT2D eigenvalue weighted by Crippen LogP contribution is -2.49. The number of benzene rings is 1. The maximum atomic E-state index is 12.9. The standard InChI is InChI=1S/C21H26N4O4/c1-24-20(29)25(19(28)21(24)11-3-2-4-12-21)13-17(26)22-15-7-9-16(10-8-15)23-18(27)14-5-6-14/h7-10,14H,2-6,11-13H2,1H3,(H,22,26)(H,23,27). The topological polar surface area (TPSA) is 98.8 Å². The van der Waals surface area contributed by atoms with Gasteiger partial charge < -0.3 is 15.5 Å². The van der Waals surface area contributed by atoms with E-state index in [1.807, 2.05) is 0 Å². The molecule has 2 saturated carbocycles. The van der Waals surface area contributed by atoms with Gasteiger partial charge in [0.25, 0.3) is 5.91 Å². The molecule has 2 N–H and O–H groups in total. The highest BCUT2D eigenvalue weighted by Crippen LogP contribution is 2.39. The van der Waals surface area contributed by atoms with E-state index in [-0.39, 0.29) is 24.3 Å². The van der Waals surface area contributed by atoms with E-state index in [1.54, 1.807) is 31.3 Å². The number of hydrogen-bond acceptors (Lipinski definition) is 4. The van der Waals surface area contributed by atoms with Crippen LogP contribution in [0.15, 0.2) is 24.3 Å². The minimum atomic E-state index is -0.781. The Morgan fingerprint density at radius 1 is 1.00 bits per heavy atom. The Labute approximate surface area is 169 Å². The first-order chi connectivity index (χ1) is 13.9. The molecule has 5 amide bonds. The first kappa shape index (κ1) is 19.4. The summed E-state index contributed by atoms with van der Waals surface area (Å²) >= 11 is 0. The van der Waals surface area contributed by atoms with Crippen molar-refractivity contribution in [2.24, 2.45) is 5.92 Å². The molecule has 29 heavy (non-hydrogen) atoms. The number of carbonyl (C=O) groups is 4. The molecule has 0 unspecified atom stereocenters. The van der Waals surface area contributed by atoms with Crippen LogP contribution in [-0.4, -0.2) is 52.7 Å². The van der Waals surface area contributed by atoms with Gasteiger partial charge in [0.05, 0.1) is 0 Å². The molecule has 3 fully saturated rings. The third kappa shape index (κ3) is 3.71. The van der Waals surface area contributed by atoms with Crippen molar-refractivity contribution in [3.8, 4) is 0 Å². The summed E-state index contributed by atoms with van der Waals surface area (Å²) in [4.78, 5) is 52.4. The molecule has 1 heterocycles. The minimum absolute atomic E-state index is 0.0219. The molecule has 0 aromatic heterocycles. The number of rotatable bonds is 5. The van der Waals surface area contributed by atoms with Crippen molar-refractivity contribution < 1.29 is 19.2 Å². The van der Waals surface area contributed by atoms with Crippen LogP contribution < -0.4 is 10.6 Å². The molecule has 1 aromatic carbocycles. The molecule has 0 radical (unpaired) electrons. The van der Waals surface area contributed by atoms with Crippen LogP contribution in [0.2, 0.25) is 0 Å². The van der Waals surface area contributed by atoms with Gasteiger partial charge >= 0.3 is 6.03 Å². The Morgan fingerprint density at radius 3 is 2.17 bits per heavy atom. The Hall–Kier alpha value is -2.90. The predicted octanol–water partition coefficient (Wildman–Crippen LogP) is 2.57. The largest absolute Gasteiger partial charge is 0.327 e. The van der Waals surface area contributed by atoms with Crippen molar-refractivity contribution in [2.75, 3.05) is 24.2 Å². The SMILES string of the molecule is CN1C(=O)N(CC(=O)Nc2ccc(NC(=O)C3CC3)cc2)C(=O)C12CCCCC2. The van der Waals surface area contributed by atoms with E-state index in [0.29, 0.717) is 24.2 Å². The second-order valence-electron chi connectivity index (χ2n) is 8.21. The number of urea groups is 1. The number of carbonyl (C=O) groups excluding carboxylic acids is 4. The van der Waals surface area contributed by atoms with Gasteiger partial charge in [0.2, 0.25) is 11.8 Å². The molecule has 8 nitrogen and oxygen atoms in total. The van der Waals surface area contributed by atoms with Crippen molar-refractivity contribution >= 4 is 35.1 Å². The van der Waals surface area contributed by atoms with Crippen LogP contribution >= 0.6 is 0 Å². The highest BCUT2D eigenvalue weighted by atomic mass is 16.2. The quantitative estimate of drug-likeness (QED) is 0.745. The Kier molecular flexibility index (Phi) is 5.02. The summed E-state index contributed by atoms with van der Waals surface area (Å²) in [5, 5.41) is 5.55. The fraction of sp³-hybridized carbons (Fsp3) is 0.524. The van der Waals surface area contributed by atoms with Crippen LogP contribution in [0.1, 0.15) is 44.9 Å². The highest BCUT2D eigenvalue weighted by molar-refractivity contribution is 6.10. The van der Waals surface area contributed by atoms with Crippen molar-refractivity contribution in [1.82, 2.24) is 9.80 Å². The van der Waals surface area contributed by atoms with Crippen LogP contribution in [0.25, 0.3) is 0 Å². The number of nitrogens with zero attached hydrogens (tertiary/aromatic N) is 2. The third-order valence-corrected chi connectivity index (χ3v) is 6.17. The summed E-state index contributed by atoms with van der Waals surface area (Å²) in [5.41, 5.74) is 0.432. The van der Waals surface area contributed by atoms with E-state index < -0.39 is 17.5 Å². The smallest absolute Gasteiger partial charge is 0.326 e. The maximum absolute atomic E-state index is 12.9. The summed E-state index contributed by atoms with van der Waals surface area (Å²) < 4.78 is 0. The molecular formula is C21H26N4O4. The van der Waals surface area contributed by atoms with E-state index in [0.717, 1.165) is 37.0 Å². The lowest BCUT2D eigenvalue weighted by atomic mass is 9.81. The van der Waals surface area contributed by atoms with Crippen LogP contribution in [-0.2, 0) is 14.4 Å². The van der Waals surface area contributed by atoms with E-state index in [2.05, 4.69) is 10.6 Å². The third-order valence-electron chi connectivity index (χ3n) is 6.17. The lowest BCUT2D eigenvalue weighted by molar-refractivity contribution is -0.136. The molecule has 3 aliphatic rings. The van der Waals surface area contributed by atoms with Gasteiger partial charge in [-0.3, -0.25) is 19.3 Å². The molecule has 2 aliphatic carbocycles. The number of likely N-dealkylation sites (N-methyl/N-ethyl adjacent to an activating group) is 1. The number of imide groups is 1. The first-order valence-corrected chi connectivity index (χ1v) is 10.2. The van der Waals surface area contributed by atoms with Crippen LogP contribution in [0, 0.1) is 5.92 Å². The summed E-state index contributed by atoms with van der Waals surface area (Å²) in [6, 6.07) is 6.39. The molecule has 8 heteroatoms. The summed E-state index contributed by atoms with van der Waals surface area (Å²) in [6.45, 7) is -0.302. The van der Waals surface area contributed by atoms with Gasteiger partial charge in [-0.25, -0.2) is 4.79 Å². The van der Waals surface area contributed by atoms with Gasteiger partial charge in [-0.05, 0) is 49.9 Å². The molecule has 1 aliphatic heterocycles. The number of hydrogen-bond donors (Lipinski definition) is 2. The zero-order chi connectivity index (χ0) is 20.6. The van der Waals surface area contributed by atoms with E-state index in [1.165, 1.54) is 4.90 Å². The maximum Gasteiger partial charge on any atom is 0.327 e. The molecule has 1 saturated heterocycles. The average molecular weight is 398 g/mol. The van der Waals surface area contributed by atoms with Gasteiger partial charge in [0.15, 0.2) is 0 Å².